The van der Waals surface area contributed by atoms with Crippen LogP contribution in [0.25, 0.3) is 0 Å². The fraction of sp³-hybridized carbons (Fsp3) is 0.208. The second-order valence-electron chi connectivity index (χ2n) is 7.43. The van der Waals surface area contributed by atoms with Gasteiger partial charge in [-0.2, -0.15) is 13.2 Å². The molecule has 0 atom stereocenters. The molecular weight excluding hydrogens is 437 g/mol. The lowest BCUT2D eigenvalue weighted by Crippen LogP contribution is -2.27. The van der Waals surface area contributed by atoms with Crippen LogP contribution in [-0.4, -0.2) is 26.9 Å². The summed E-state index contributed by atoms with van der Waals surface area (Å²) in [7, 11) is 0. The second-order valence-corrected chi connectivity index (χ2v) is 7.43. The number of hydrogen-bond acceptors (Lipinski definition) is 4. The Morgan fingerprint density at radius 2 is 1.61 bits per heavy atom. The van der Waals surface area contributed by atoms with Crippen molar-refractivity contribution in [3.63, 3.8) is 0 Å². The van der Waals surface area contributed by atoms with E-state index in [0.29, 0.717) is 5.56 Å². The van der Waals surface area contributed by atoms with Crippen LogP contribution in [0, 0.1) is 0 Å². The molecule has 3 aromatic rings. The molecular formula is C24H21F3N2O4. The van der Waals surface area contributed by atoms with Crippen molar-refractivity contribution in [2.45, 2.75) is 32.6 Å². The first-order chi connectivity index (χ1) is 15.6. The van der Waals surface area contributed by atoms with Gasteiger partial charge in [-0.05, 0) is 41.0 Å². The standard InChI is InChI=1S/C24H21F3N2O4/c1-16(30)29(14-17-5-3-2-4-6-17)15-19-7-20(24(25,26)27)11-21(9-19)33-22-8-18(10-23(31)32)12-28-13-22/h2-9,11-13H,10,14-15H2,1H3,(H,31,32). The van der Waals surface area contributed by atoms with Gasteiger partial charge in [-0.15, -0.1) is 0 Å². The van der Waals surface area contributed by atoms with Crippen LogP contribution in [0.2, 0.25) is 0 Å². The van der Waals surface area contributed by atoms with Gasteiger partial charge in [0.05, 0.1) is 18.2 Å². The molecule has 0 radical (unpaired) electrons. The van der Waals surface area contributed by atoms with Crippen LogP contribution >= 0.6 is 0 Å². The molecule has 0 aliphatic heterocycles. The van der Waals surface area contributed by atoms with Crippen LogP contribution in [0.5, 0.6) is 11.5 Å². The summed E-state index contributed by atoms with van der Waals surface area (Å²) in [6.45, 7) is 1.54. The first-order valence-electron chi connectivity index (χ1n) is 9.94. The van der Waals surface area contributed by atoms with E-state index in [1.54, 1.807) is 0 Å². The molecule has 0 unspecified atom stereocenters. The van der Waals surface area contributed by atoms with Crippen molar-refractivity contribution in [2.24, 2.45) is 0 Å². The largest absolute Gasteiger partial charge is 0.481 e. The van der Waals surface area contributed by atoms with Gasteiger partial charge in [0.1, 0.15) is 11.5 Å². The highest BCUT2D eigenvalue weighted by Gasteiger charge is 2.31. The number of carboxylic acid groups (broad SMARTS) is 1. The third-order valence-corrected chi connectivity index (χ3v) is 4.69. The van der Waals surface area contributed by atoms with E-state index in [2.05, 4.69) is 4.98 Å². The molecule has 0 saturated carbocycles. The number of ether oxygens (including phenoxy) is 1. The number of amides is 1. The molecule has 1 N–H and O–H groups in total. The number of carbonyl (C=O) groups excluding carboxylic acids is 1. The van der Waals surface area contributed by atoms with Gasteiger partial charge in [-0.3, -0.25) is 14.6 Å². The summed E-state index contributed by atoms with van der Waals surface area (Å²) in [6, 6.07) is 13.8. The van der Waals surface area contributed by atoms with Crippen molar-refractivity contribution in [1.82, 2.24) is 9.88 Å². The number of hydrogen-bond donors (Lipinski definition) is 1. The van der Waals surface area contributed by atoms with Gasteiger partial charge < -0.3 is 14.7 Å². The Bertz CT molecular complexity index is 1130. The van der Waals surface area contributed by atoms with E-state index in [1.165, 1.54) is 36.4 Å². The smallest absolute Gasteiger partial charge is 0.416 e. The van der Waals surface area contributed by atoms with E-state index >= 15 is 0 Å². The van der Waals surface area contributed by atoms with Crippen molar-refractivity contribution in [3.05, 3.63) is 89.2 Å². The van der Waals surface area contributed by atoms with E-state index in [0.717, 1.165) is 17.7 Å². The van der Waals surface area contributed by atoms with E-state index in [4.69, 9.17) is 9.84 Å². The zero-order chi connectivity index (χ0) is 24.0. The van der Waals surface area contributed by atoms with Gasteiger partial charge in [0.2, 0.25) is 5.91 Å². The highest BCUT2D eigenvalue weighted by Crippen LogP contribution is 2.34. The van der Waals surface area contributed by atoms with E-state index in [9.17, 15) is 22.8 Å². The zero-order valence-electron chi connectivity index (χ0n) is 17.7. The highest BCUT2D eigenvalue weighted by atomic mass is 19.4. The number of alkyl halides is 3. The Morgan fingerprint density at radius 1 is 0.939 bits per heavy atom. The average Bonchev–Trinajstić information content (AvgIpc) is 2.73. The van der Waals surface area contributed by atoms with Gasteiger partial charge in [0.25, 0.3) is 0 Å². The van der Waals surface area contributed by atoms with E-state index < -0.39 is 17.7 Å². The Morgan fingerprint density at radius 3 is 2.24 bits per heavy atom. The summed E-state index contributed by atoms with van der Waals surface area (Å²) < 4.78 is 46.1. The Balaban J connectivity index is 1.89. The number of halogens is 3. The minimum Gasteiger partial charge on any atom is -0.481 e. The molecule has 1 heterocycles. The van der Waals surface area contributed by atoms with Crippen LogP contribution in [0.1, 0.15) is 29.2 Å². The van der Waals surface area contributed by atoms with Crippen LogP contribution in [0.15, 0.2) is 67.0 Å². The number of benzene rings is 2. The third-order valence-electron chi connectivity index (χ3n) is 4.69. The van der Waals surface area contributed by atoms with Crippen molar-refractivity contribution in [3.8, 4) is 11.5 Å². The molecule has 0 aliphatic carbocycles. The summed E-state index contributed by atoms with van der Waals surface area (Å²) in [5.41, 5.74) is 0.503. The molecule has 0 aliphatic rings. The number of nitrogens with zero attached hydrogens (tertiary/aromatic N) is 2. The number of rotatable bonds is 8. The fourth-order valence-corrected chi connectivity index (χ4v) is 3.20. The average molecular weight is 458 g/mol. The minimum absolute atomic E-state index is 0.0538. The number of carbonyl (C=O) groups is 2. The Labute approximate surface area is 188 Å². The highest BCUT2D eigenvalue weighted by molar-refractivity contribution is 5.73. The van der Waals surface area contributed by atoms with Gasteiger partial charge in [0, 0.05) is 26.2 Å². The maximum absolute atomic E-state index is 13.5. The van der Waals surface area contributed by atoms with Crippen molar-refractivity contribution < 1.29 is 32.6 Å². The molecule has 2 aromatic carbocycles. The van der Waals surface area contributed by atoms with E-state index in [-0.39, 0.29) is 42.5 Å². The van der Waals surface area contributed by atoms with Crippen LogP contribution in [0.3, 0.4) is 0 Å². The second kappa shape index (κ2) is 10.2. The van der Waals surface area contributed by atoms with Crippen molar-refractivity contribution >= 4 is 11.9 Å². The molecule has 0 bridgehead atoms. The molecule has 172 valence electrons. The van der Waals surface area contributed by atoms with Crippen molar-refractivity contribution in [1.29, 1.82) is 0 Å². The SMILES string of the molecule is CC(=O)N(Cc1ccccc1)Cc1cc(Oc2cncc(CC(=O)O)c2)cc(C(F)(F)F)c1. The lowest BCUT2D eigenvalue weighted by Gasteiger charge is -2.22. The number of aliphatic carboxylic acids is 1. The van der Waals surface area contributed by atoms with Crippen molar-refractivity contribution in [2.75, 3.05) is 0 Å². The molecule has 0 saturated heterocycles. The summed E-state index contributed by atoms with van der Waals surface area (Å²) in [4.78, 5) is 28.4. The maximum Gasteiger partial charge on any atom is 0.416 e. The van der Waals surface area contributed by atoms with Gasteiger partial charge in [-0.1, -0.05) is 30.3 Å². The third kappa shape index (κ3) is 7.06. The number of aromatic nitrogens is 1. The number of pyridine rings is 1. The number of carboxylic acids is 1. The van der Waals surface area contributed by atoms with Crippen LogP contribution in [-0.2, 0) is 35.3 Å². The van der Waals surface area contributed by atoms with Gasteiger partial charge in [-0.25, -0.2) is 0 Å². The summed E-state index contributed by atoms with van der Waals surface area (Å²) in [5, 5.41) is 8.92. The van der Waals surface area contributed by atoms with Crippen LogP contribution in [0.4, 0.5) is 13.2 Å². The quantitative estimate of drug-likeness (QED) is 0.510. The first-order valence-corrected chi connectivity index (χ1v) is 9.94. The minimum atomic E-state index is -4.63. The predicted octanol–water partition coefficient (Wildman–Crippen LogP) is 5.07. The Hall–Kier alpha value is -3.88. The molecule has 0 spiro atoms. The normalized spacial score (nSPS) is 11.2. The topological polar surface area (TPSA) is 79.7 Å². The molecule has 9 heteroatoms. The summed E-state index contributed by atoms with van der Waals surface area (Å²) in [5.74, 6) is -1.36. The lowest BCUT2D eigenvalue weighted by molar-refractivity contribution is -0.138. The first kappa shape index (κ1) is 23.8. The van der Waals surface area contributed by atoms with Gasteiger partial charge in [0.15, 0.2) is 0 Å². The monoisotopic (exact) mass is 458 g/mol. The fourth-order valence-electron chi connectivity index (χ4n) is 3.20. The summed E-state index contributed by atoms with van der Waals surface area (Å²) >= 11 is 0. The Kier molecular flexibility index (Phi) is 7.32. The molecule has 1 aromatic heterocycles. The summed E-state index contributed by atoms with van der Waals surface area (Å²) in [6.07, 6.45) is -2.31. The molecule has 3 rings (SSSR count). The zero-order valence-corrected chi connectivity index (χ0v) is 17.7. The van der Waals surface area contributed by atoms with E-state index in [1.807, 2.05) is 30.3 Å². The molecule has 33 heavy (non-hydrogen) atoms. The van der Waals surface area contributed by atoms with Crippen LogP contribution < -0.4 is 4.74 Å². The predicted molar refractivity (Wildman–Crippen MR) is 113 cm³/mol. The molecule has 0 fully saturated rings. The lowest BCUT2D eigenvalue weighted by atomic mass is 10.1. The maximum atomic E-state index is 13.5. The molecule has 1 amide bonds. The van der Waals surface area contributed by atoms with Gasteiger partial charge >= 0.3 is 12.1 Å². The molecule has 6 nitrogen and oxygen atoms in total.